The Morgan fingerprint density at radius 3 is 2.57 bits per heavy atom. The fourth-order valence-corrected chi connectivity index (χ4v) is 2.24. The standard InChI is InChI=1S/C17H15ClFN3O/c1-10-3-5-12(6-4-10)17-22-21-16(23-17)11(2)20-13-7-8-14(18)15(19)9-13/h3-9,11,20H,1-2H3. The van der Waals surface area contributed by atoms with Gasteiger partial charge in [0.25, 0.3) is 0 Å². The zero-order valence-corrected chi connectivity index (χ0v) is 13.4. The molecule has 1 unspecified atom stereocenters. The molecule has 1 atom stereocenters. The van der Waals surface area contributed by atoms with Gasteiger partial charge in [-0.3, -0.25) is 0 Å². The number of benzene rings is 2. The molecule has 0 aliphatic heterocycles. The van der Waals surface area contributed by atoms with Crippen LogP contribution in [0.2, 0.25) is 5.02 Å². The summed E-state index contributed by atoms with van der Waals surface area (Å²) in [6, 6.07) is 12.1. The van der Waals surface area contributed by atoms with Crippen LogP contribution < -0.4 is 5.32 Å². The van der Waals surface area contributed by atoms with Gasteiger partial charge < -0.3 is 9.73 Å². The molecule has 1 N–H and O–H groups in total. The first-order valence-corrected chi connectivity index (χ1v) is 7.53. The Bertz CT molecular complexity index is 817. The molecule has 1 heterocycles. The Morgan fingerprint density at radius 1 is 1.13 bits per heavy atom. The third-order valence-electron chi connectivity index (χ3n) is 3.41. The van der Waals surface area contributed by atoms with Crippen molar-refractivity contribution < 1.29 is 8.81 Å². The maximum atomic E-state index is 13.5. The van der Waals surface area contributed by atoms with Gasteiger partial charge in [0.15, 0.2) is 0 Å². The first-order chi connectivity index (χ1) is 11.0. The molecule has 0 saturated heterocycles. The fraction of sp³-hybridized carbons (Fsp3) is 0.176. The highest BCUT2D eigenvalue weighted by Crippen LogP contribution is 2.25. The van der Waals surface area contributed by atoms with Crippen LogP contribution in [0.15, 0.2) is 46.9 Å². The zero-order chi connectivity index (χ0) is 16.4. The molecule has 3 aromatic rings. The van der Waals surface area contributed by atoms with Crippen LogP contribution in [-0.2, 0) is 0 Å². The van der Waals surface area contributed by atoms with Crippen molar-refractivity contribution in [2.45, 2.75) is 19.9 Å². The third kappa shape index (κ3) is 3.51. The molecular weight excluding hydrogens is 317 g/mol. The summed E-state index contributed by atoms with van der Waals surface area (Å²) in [6.07, 6.45) is 0. The van der Waals surface area contributed by atoms with Gasteiger partial charge in [0, 0.05) is 11.3 Å². The lowest BCUT2D eigenvalue weighted by Gasteiger charge is -2.11. The van der Waals surface area contributed by atoms with Crippen molar-refractivity contribution in [3.05, 3.63) is 64.8 Å². The van der Waals surface area contributed by atoms with Crippen LogP contribution in [-0.4, -0.2) is 10.2 Å². The van der Waals surface area contributed by atoms with E-state index in [-0.39, 0.29) is 11.1 Å². The smallest absolute Gasteiger partial charge is 0.247 e. The first kappa shape index (κ1) is 15.5. The van der Waals surface area contributed by atoms with Gasteiger partial charge in [-0.1, -0.05) is 29.3 Å². The molecule has 0 radical (unpaired) electrons. The second-order valence-corrected chi connectivity index (χ2v) is 5.71. The number of aryl methyl sites for hydroxylation is 1. The first-order valence-electron chi connectivity index (χ1n) is 7.15. The minimum absolute atomic E-state index is 0.0858. The molecule has 0 saturated carbocycles. The SMILES string of the molecule is Cc1ccc(-c2nnc(C(C)Nc3ccc(Cl)c(F)c3)o2)cc1. The highest BCUT2D eigenvalue weighted by molar-refractivity contribution is 6.30. The van der Waals surface area contributed by atoms with Gasteiger partial charge in [0.1, 0.15) is 11.9 Å². The molecule has 3 rings (SSSR count). The number of hydrogen-bond acceptors (Lipinski definition) is 4. The van der Waals surface area contributed by atoms with E-state index in [9.17, 15) is 4.39 Å². The van der Waals surface area contributed by atoms with E-state index in [1.54, 1.807) is 6.07 Å². The van der Waals surface area contributed by atoms with Crippen molar-refractivity contribution in [3.63, 3.8) is 0 Å². The minimum atomic E-state index is -0.477. The van der Waals surface area contributed by atoms with Gasteiger partial charge in [-0.15, -0.1) is 10.2 Å². The average molecular weight is 332 g/mol. The monoisotopic (exact) mass is 331 g/mol. The third-order valence-corrected chi connectivity index (χ3v) is 3.72. The molecular formula is C17H15ClFN3O. The highest BCUT2D eigenvalue weighted by atomic mass is 35.5. The Hall–Kier alpha value is -2.40. The summed E-state index contributed by atoms with van der Waals surface area (Å²) in [5.74, 6) is 0.404. The molecule has 23 heavy (non-hydrogen) atoms. The Balaban J connectivity index is 1.76. The van der Waals surface area contributed by atoms with Crippen LogP contribution in [0.3, 0.4) is 0 Å². The number of rotatable bonds is 4. The van der Waals surface area contributed by atoms with Crippen LogP contribution in [0.5, 0.6) is 0 Å². The van der Waals surface area contributed by atoms with Crippen molar-refractivity contribution in [1.82, 2.24) is 10.2 Å². The molecule has 0 aliphatic carbocycles. The van der Waals surface area contributed by atoms with E-state index in [4.69, 9.17) is 16.0 Å². The van der Waals surface area contributed by atoms with E-state index >= 15 is 0 Å². The van der Waals surface area contributed by atoms with Gasteiger partial charge in [-0.25, -0.2) is 4.39 Å². The molecule has 0 bridgehead atoms. The lowest BCUT2D eigenvalue weighted by Crippen LogP contribution is -2.07. The van der Waals surface area contributed by atoms with E-state index < -0.39 is 5.82 Å². The number of nitrogens with one attached hydrogen (secondary N) is 1. The van der Waals surface area contributed by atoms with Crippen molar-refractivity contribution in [2.75, 3.05) is 5.32 Å². The summed E-state index contributed by atoms with van der Waals surface area (Å²) in [6.45, 7) is 3.87. The molecule has 1 aromatic heterocycles. The summed E-state index contributed by atoms with van der Waals surface area (Å²) in [5, 5.41) is 11.3. The van der Waals surface area contributed by atoms with Crippen molar-refractivity contribution in [3.8, 4) is 11.5 Å². The molecule has 0 aliphatic rings. The topological polar surface area (TPSA) is 51.0 Å². The average Bonchev–Trinajstić information content (AvgIpc) is 3.02. The molecule has 4 nitrogen and oxygen atoms in total. The summed E-state index contributed by atoms with van der Waals surface area (Å²) in [5.41, 5.74) is 2.61. The van der Waals surface area contributed by atoms with Gasteiger partial charge in [0.05, 0.1) is 5.02 Å². The van der Waals surface area contributed by atoms with E-state index in [2.05, 4.69) is 15.5 Å². The molecule has 0 amide bonds. The minimum Gasteiger partial charge on any atom is -0.418 e. The summed E-state index contributed by atoms with van der Waals surface area (Å²) >= 11 is 5.67. The molecule has 0 fully saturated rings. The molecule has 6 heteroatoms. The molecule has 2 aromatic carbocycles. The summed E-state index contributed by atoms with van der Waals surface area (Å²) in [7, 11) is 0. The van der Waals surface area contributed by atoms with Crippen molar-refractivity contribution >= 4 is 17.3 Å². The highest BCUT2D eigenvalue weighted by Gasteiger charge is 2.15. The number of nitrogens with zero attached hydrogens (tertiary/aromatic N) is 2. The van der Waals surface area contributed by atoms with Gasteiger partial charge in [-0.2, -0.15) is 0 Å². The van der Waals surface area contributed by atoms with E-state index in [1.807, 2.05) is 38.1 Å². The van der Waals surface area contributed by atoms with Gasteiger partial charge in [-0.05, 0) is 44.2 Å². The van der Waals surface area contributed by atoms with E-state index in [0.29, 0.717) is 17.5 Å². The normalized spacial score (nSPS) is 12.2. The number of halogens is 2. The van der Waals surface area contributed by atoms with Crippen LogP contribution in [0.1, 0.15) is 24.4 Å². The zero-order valence-electron chi connectivity index (χ0n) is 12.7. The van der Waals surface area contributed by atoms with Gasteiger partial charge >= 0.3 is 0 Å². The second kappa shape index (κ2) is 6.38. The lowest BCUT2D eigenvalue weighted by molar-refractivity contribution is 0.485. The molecule has 0 spiro atoms. The van der Waals surface area contributed by atoms with E-state index in [0.717, 1.165) is 11.1 Å². The quantitative estimate of drug-likeness (QED) is 0.730. The Labute approximate surface area is 138 Å². The number of aromatic nitrogens is 2. The predicted octanol–water partition coefficient (Wildman–Crippen LogP) is 5.01. The van der Waals surface area contributed by atoms with Crippen LogP contribution in [0.25, 0.3) is 11.5 Å². The number of hydrogen-bond donors (Lipinski definition) is 1. The Morgan fingerprint density at radius 2 is 1.87 bits per heavy atom. The summed E-state index contributed by atoms with van der Waals surface area (Å²) in [4.78, 5) is 0. The van der Waals surface area contributed by atoms with Crippen molar-refractivity contribution in [2.24, 2.45) is 0 Å². The van der Waals surface area contributed by atoms with Crippen molar-refractivity contribution in [1.29, 1.82) is 0 Å². The number of anilines is 1. The fourth-order valence-electron chi connectivity index (χ4n) is 2.12. The lowest BCUT2D eigenvalue weighted by atomic mass is 10.1. The Kier molecular flexibility index (Phi) is 4.30. The van der Waals surface area contributed by atoms with Gasteiger partial charge in [0.2, 0.25) is 11.8 Å². The van der Waals surface area contributed by atoms with E-state index in [1.165, 1.54) is 12.1 Å². The maximum absolute atomic E-state index is 13.5. The van der Waals surface area contributed by atoms with Crippen LogP contribution in [0, 0.1) is 12.7 Å². The maximum Gasteiger partial charge on any atom is 0.247 e. The second-order valence-electron chi connectivity index (χ2n) is 5.31. The summed E-state index contributed by atoms with van der Waals surface area (Å²) < 4.78 is 19.2. The molecule has 118 valence electrons. The predicted molar refractivity (Wildman–Crippen MR) is 87.9 cm³/mol. The largest absolute Gasteiger partial charge is 0.418 e. The van der Waals surface area contributed by atoms with Crippen LogP contribution >= 0.6 is 11.6 Å². The van der Waals surface area contributed by atoms with Crippen LogP contribution in [0.4, 0.5) is 10.1 Å².